The molecule has 1 aliphatic rings. The minimum Gasteiger partial charge on any atom is -0.394 e. The minimum atomic E-state index is -0.110. The molecule has 5 heteroatoms. The highest BCUT2D eigenvalue weighted by atomic mass is 16.3. The maximum Gasteiger partial charge on any atom is 0.270 e. The zero-order chi connectivity index (χ0) is 13.3. The number of hydrogen-bond donors (Lipinski definition) is 1. The molecule has 0 saturated carbocycles. The molecule has 2 rings (SSSR count). The summed E-state index contributed by atoms with van der Waals surface area (Å²) in [5.41, 5.74) is 1.04. The summed E-state index contributed by atoms with van der Waals surface area (Å²) in [7, 11) is 1.75. The molecule has 1 aromatic heterocycles. The molecule has 0 spiro atoms. The fraction of sp³-hybridized carbons (Fsp3) is 0.538. The number of likely N-dealkylation sites (tertiary alicyclic amines) is 1. The van der Waals surface area contributed by atoms with E-state index in [1.807, 2.05) is 0 Å². The van der Waals surface area contributed by atoms with Crippen molar-refractivity contribution in [2.75, 3.05) is 13.2 Å². The van der Waals surface area contributed by atoms with Crippen LogP contribution in [0.5, 0.6) is 0 Å². The third-order valence-electron chi connectivity index (χ3n) is 3.48. The van der Waals surface area contributed by atoms with Crippen molar-refractivity contribution in [3.05, 3.63) is 23.5 Å². The van der Waals surface area contributed by atoms with E-state index >= 15 is 0 Å². The van der Waals surface area contributed by atoms with E-state index in [0.717, 1.165) is 12.8 Å². The molecule has 0 bridgehead atoms. The summed E-state index contributed by atoms with van der Waals surface area (Å²) in [6.45, 7) is 2.15. The van der Waals surface area contributed by atoms with Crippen molar-refractivity contribution in [2.45, 2.75) is 25.8 Å². The minimum absolute atomic E-state index is 0.00424. The standard InChI is InChI=1S/C13H18N2O3/c1-9(17)10-6-12(14(2)7-10)13(18)15-5-3-4-11(15)8-16/h6-7,11,16H,3-5,8H2,1-2H3. The monoisotopic (exact) mass is 250 g/mol. The highest BCUT2D eigenvalue weighted by Gasteiger charge is 2.30. The number of ketones is 1. The Morgan fingerprint density at radius 3 is 2.78 bits per heavy atom. The molecule has 0 radical (unpaired) electrons. The fourth-order valence-electron chi connectivity index (χ4n) is 2.41. The number of amides is 1. The van der Waals surface area contributed by atoms with E-state index in [-0.39, 0.29) is 24.3 Å². The molecule has 0 aromatic carbocycles. The number of aryl methyl sites for hydroxylation is 1. The van der Waals surface area contributed by atoms with E-state index in [1.165, 1.54) is 6.92 Å². The first-order chi connectivity index (χ1) is 8.54. The second kappa shape index (κ2) is 4.94. The van der Waals surface area contributed by atoms with E-state index in [9.17, 15) is 14.7 Å². The lowest BCUT2D eigenvalue weighted by atomic mass is 10.2. The molecule has 0 aliphatic carbocycles. The number of aliphatic hydroxyl groups excluding tert-OH is 1. The van der Waals surface area contributed by atoms with Gasteiger partial charge in [-0.15, -0.1) is 0 Å². The maximum absolute atomic E-state index is 12.4. The summed E-state index contributed by atoms with van der Waals surface area (Å²) < 4.78 is 1.67. The van der Waals surface area contributed by atoms with Gasteiger partial charge in [-0.2, -0.15) is 0 Å². The second-order valence-electron chi connectivity index (χ2n) is 4.76. The van der Waals surface area contributed by atoms with Crippen molar-refractivity contribution < 1.29 is 14.7 Å². The van der Waals surface area contributed by atoms with Crippen molar-refractivity contribution in [3.63, 3.8) is 0 Å². The Morgan fingerprint density at radius 2 is 2.22 bits per heavy atom. The number of rotatable bonds is 3. The summed E-state index contributed by atoms with van der Waals surface area (Å²) in [5.74, 6) is -0.161. The van der Waals surface area contributed by atoms with Gasteiger partial charge in [-0.25, -0.2) is 0 Å². The molecule has 18 heavy (non-hydrogen) atoms. The Morgan fingerprint density at radius 1 is 1.50 bits per heavy atom. The van der Waals surface area contributed by atoms with Gasteiger partial charge in [0.1, 0.15) is 5.69 Å². The molecule has 5 nitrogen and oxygen atoms in total. The highest BCUT2D eigenvalue weighted by Crippen LogP contribution is 2.20. The van der Waals surface area contributed by atoms with Crippen LogP contribution in [0.25, 0.3) is 0 Å². The lowest BCUT2D eigenvalue weighted by Crippen LogP contribution is -2.38. The van der Waals surface area contributed by atoms with Crippen molar-refractivity contribution >= 4 is 11.7 Å². The molecule has 1 unspecified atom stereocenters. The first kappa shape index (κ1) is 12.8. The predicted molar refractivity (Wildman–Crippen MR) is 66.6 cm³/mol. The van der Waals surface area contributed by atoms with Crippen LogP contribution in [0.15, 0.2) is 12.3 Å². The molecule has 1 saturated heterocycles. The van der Waals surface area contributed by atoms with Crippen molar-refractivity contribution in [2.24, 2.45) is 7.05 Å². The first-order valence-corrected chi connectivity index (χ1v) is 6.13. The van der Waals surface area contributed by atoms with Crippen LogP contribution in [-0.4, -0.2) is 45.5 Å². The van der Waals surface area contributed by atoms with Gasteiger partial charge in [0.05, 0.1) is 12.6 Å². The predicted octanol–water partition coefficient (Wildman–Crippen LogP) is 0.825. The largest absolute Gasteiger partial charge is 0.394 e. The lowest BCUT2D eigenvalue weighted by molar-refractivity contribution is 0.0668. The second-order valence-corrected chi connectivity index (χ2v) is 4.76. The van der Waals surface area contributed by atoms with Gasteiger partial charge in [-0.05, 0) is 25.8 Å². The van der Waals surface area contributed by atoms with Crippen LogP contribution in [0, 0.1) is 0 Å². The molecule has 1 atom stereocenters. The Hall–Kier alpha value is -1.62. The smallest absolute Gasteiger partial charge is 0.270 e. The number of aromatic nitrogens is 1. The van der Waals surface area contributed by atoms with Gasteiger partial charge in [0.15, 0.2) is 5.78 Å². The van der Waals surface area contributed by atoms with Crippen LogP contribution in [-0.2, 0) is 7.05 Å². The van der Waals surface area contributed by atoms with Crippen LogP contribution < -0.4 is 0 Å². The van der Waals surface area contributed by atoms with Gasteiger partial charge in [-0.1, -0.05) is 0 Å². The molecule has 1 aliphatic heterocycles. The molecule has 1 fully saturated rings. The lowest BCUT2D eigenvalue weighted by Gasteiger charge is -2.23. The zero-order valence-corrected chi connectivity index (χ0v) is 10.7. The van der Waals surface area contributed by atoms with Crippen LogP contribution in [0.4, 0.5) is 0 Å². The summed E-state index contributed by atoms with van der Waals surface area (Å²) in [5, 5.41) is 9.24. The summed E-state index contributed by atoms with van der Waals surface area (Å²) >= 11 is 0. The number of hydrogen-bond acceptors (Lipinski definition) is 3. The number of nitrogens with zero attached hydrogens (tertiary/aromatic N) is 2. The van der Waals surface area contributed by atoms with Crippen molar-refractivity contribution in [3.8, 4) is 0 Å². The highest BCUT2D eigenvalue weighted by molar-refractivity contribution is 5.99. The topological polar surface area (TPSA) is 62.5 Å². The van der Waals surface area contributed by atoms with E-state index in [1.54, 1.807) is 28.8 Å². The third kappa shape index (κ3) is 2.18. The molecular formula is C13H18N2O3. The molecule has 98 valence electrons. The normalized spacial score (nSPS) is 19.3. The van der Waals surface area contributed by atoms with Crippen molar-refractivity contribution in [1.82, 2.24) is 9.47 Å². The summed E-state index contributed by atoms with van der Waals surface area (Å²) in [6, 6.07) is 1.53. The third-order valence-corrected chi connectivity index (χ3v) is 3.48. The quantitative estimate of drug-likeness (QED) is 0.808. The molecule has 1 N–H and O–H groups in total. The Labute approximate surface area is 106 Å². The van der Waals surface area contributed by atoms with Crippen molar-refractivity contribution in [1.29, 1.82) is 0 Å². The number of carbonyl (C=O) groups is 2. The van der Waals surface area contributed by atoms with Crippen LogP contribution in [0.3, 0.4) is 0 Å². The van der Waals surface area contributed by atoms with Crippen LogP contribution in [0.2, 0.25) is 0 Å². The SMILES string of the molecule is CC(=O)c1cc(C(=O)N2CCCC2CO)n(C)c1. The van der Waals surface area contributed by atoms with Crippen LogP contribution >= 0.6 is 0 Å². The van der Waals surface area contributed by atoms with Gasteiger partial charge in [-0.3, -0.25) is 9.59 Å². The summed E-state index contributed by atoms with van der Waals surface area (Å²) in [6.07, 6.45) is 3.42. The average Bonchev–Trinajstić information content (AvgIpc) is 2.93. The molecular weight excluding hydrogens is 232 g/mol. The van der Waals surface area contributed by atoms with Gasteiger partial charge >= 0.3 is 0 Å². The molecule has 1 amide bonds. The van der Waals surface area contributed by atoms with Gasteiger partial charge in [0.25, 0.3) is 5.91 Å². The first-order valence-electron chi connectivity index (χ1n) is 6.13. The van der Waals surface area contributed by atoms with E-state index in [0.29, 0.717) is 17.8 Å². The number of Topliss-reactive ketones (excluding diaryl/α,β-unsaturated/α-hetero) is 1. The van der Waals surface area contributed by atoms with E-state index in [4.69, 9.17) is 0 Å². The average molecular weight is 250 g/mol. The van der Waals surface area contributed by atoms with Gasteiger partial charge < -0.3 is 14.6 Å². The molecule has 2 heterocycles. The van der Waals surface area contributed by atoms with Gasteiger partial charge in [0, 0.05) is 25.4 Å². The number of carbonyl (C=O) groups excluding carboxylic acids is 2. The van der Waals surface area contributed by atoms with E-state index in [2.05, 4.69) is 0 Å². The summed E-state index contributed by atoms with van der Waals surface area (Å²) in [4.78, 5) is 25.3. The van der Waals surface area contributed by atoms with Crippen LogP contribution in [0.1, 0.15) is 40.6 Å². The fourth-order valence-corrected chi connectivity index (χ4v) is 2.41. The molecule has 1 aromatic rings. The zero-order valence-electron chi connectivity index (χ0n) is 10.7. The Balaban J connectivity index is 2.25. The maximum atomic E-state index is 12.4. The number of aliphatic hydroxyl groups is 1. The Kier molecular flexibility index (Phi) is 3.52. The van der Waals surface area contributed by atoms with E-state index < -0.39 is 0 Å². The Bertz CT molecular complexity index is 479. The van der Waals surface area contributed by atoms with Gasteiger partial charge in [0.2, 0.25) is 0 Å².